The highest BCUT2D eigenvalue weighted by Gasteiger charge is 2.10. The van der Waals surface area contributed by atoms with Gasteiger partial charge in [0.15, 0.2) is 18.9 Å². The molecule has 28 heavy (non-hydrogen) atoms. The molecule has 0 spiro atoms. The number of aliphatic hydroxyl groups is 1. The Morgan fingerprint density at radius 2 is 1.18 bits per heavy atom. The van der Waals surface area contributed by atoms with Crippen molar-refractivity contribution in [2.45, 2.75) is 109 Å². The molecule has 0 aliphatic carbocycles. The van der Waals surface area contributed by atoms with Crippen LogP contribution in [0.25, 0.3) is 0 Å². The Bertz CT molecular complexity index is 416. The summed E-state index contributed by atoms with van der Waals surface area (Å²) in [6, 6.07) is 5.93. The monoisotopic (exact) mass is 413 g/mol. The van der Waals surface area contributed by atoms with Crippen LogP contribution in [0.3, 0.4) is 0 Å². The Labute approximate surface area is 180 Å². The smallest absolute Gasteiger partial charge is 0.176 e. The number of hydrogen-bond acceptors (Lipinski definition) is 2. The van der Waals surface area contributed by atoms with Gasteiger partial charge in [0.05, 0.1) is 6.61 Å². The zero-order valence-corrected chi connectivity index (χ0v) is 18.9. The number of nitrogens with zero attached hydrogens (tertiary/aromatic N) is 1. The molecule has 3 nitrogen and oxygen atoms in total. The number of pyridine rings is 1. The summed E-state index contributed by atoms with van der Waals surface area (Å²) in [5.74, 6) is 0. The summed E-state index contributed by atoms with van der Waals surface area (Å²) in [7, 11) is 0. The number of aromatic nitrogens is 1. The van der Waals surface area contributed by atoms with Crippen molar-refractivity contribution in [3.8, 4) is 0 Å². The van der Waals surface area contributed by atoms with Crippen LogP contribution in [0.5, 0.6) is 0 Å². The molecule has 0 amide bonds. The van der Waals surface area contributed by atoms with E-state index in [0.29, 0.717) is 13.2 Å². The van der Waals surface area contributed by atoms with Crippen LogP contribution >= 0.6 is 0 Å². The van der Waals surface area contributed by atoms with Gasteiger partial charge in [-0.1, -0.05) is 96.5 Å². The number of unbranched alkanes of at least 4 members (excludes halogenated alkanes) is 13. The van der Waals surface area contributed by atoms with Gasteiger partial charge in [-0.3, -0.25) is 0 Å². The molecule has 4 heteroatoms. The van der Waals surface area contributed by atoms with Crippen LogP contribution in [0, 0.1) is 0 Å². The standard InChI is InChI=1S/C24H44NO2.ClH/c1-2-3-4-5-6-7-8-9-10-11-12-13-14-18-21-27-23-24(26)22-25-19-16-15-17-20-25;/h15-17,19-20,24,26H,2-14,18,21-23H2,1H3;1H/q+1;/p-1. The molecule has 0 saturated carbocycles. The minimum Gasteiger partial charge on any atom is -1.00 e. The number of hydrogen-bond donors (Lipinski definition) is 1. The normalized spacial score (nSPS) is 11.9. The number of rotatable bonds is 19. The molecule has 1 atom stereocenters. The Hall–Kier alpha value is -0.640. The second kappa shape index (κ2) is 21.1. The summed E-state index contributed by atoms with van der Waals surface area (Å²) in [5.41, 5.74) is 0. The summed E-state index contributed by atoms with van der Waals surface area (Å²) >= 11 is 0. The molecular weight excluding hydrogens is 370 g/mol. The van der Waals surface area contributed by atoms with E-state index in [2.05, 4.69) is 6.92 Å². The molecule has 0 radical (unpaired) electrons. The SMILES string of the molecule is CCCCCCCCCCCCCCCCOCC(O)C[n+]1ccccc1.[Cl-]. The van der Waals surface area contributed by atoms with Crippen LogP contribution in [-0.4, -0.2) is 24.4 Å². The van der Waals surface area contributed by atoms with E-state index >= 15 is 0 Å². The van der Waals surface area contributed by atoms with Crippen LogP contribution in [0.4, 0.5) is 0 Å². The van der Waals surface area contributed by atoms with Gasteiger partial charge in [0, 0.05) is 18.7 Å². The third-order valence-electron chi connectivity index (χ3n) is 5.15. The molecule has 0 saturated heterocycles. The third kappa shape index (κ3) is 17.5. The van der Waals surface area contributed by atoms with Gasteiger partial charge >= 0.3 is 0 Å². The third-order valence-corrected chi connectivity index (χ3v) is 5.15. The lowest BCUT2D eigenvalue weighted by Crippen LogP contribution is -3.00. The molecule has 0 aliphatic heterocycles. The van der Waals surface area contributed by atoms with E-state index in [1.807, 2.05) is 35.2 Å². The van der Waals surface area contributed by atoms with Crippen molar-refractivity contribution < 1.29 is 26.8 Å². The largest absolute Gasteiger partial charge is 1.00 e. The molecule has 1 rings (SSSR count). The van der Waals surface area contributed by atoms with Gasteiger partial charge in [0.25, 0.3) is 0 Å². The molecule has 0 bridgehead atoms. The molecule has 1 aromatic heterocycles. The van der Waals surface area contributed by atoms with E-state index in [1.165, 1.54) is 83.5 Å². The Balaban J connectivity index is 0.00000729. The van der Waals surface area contributed by atoms with E-state index in [4.69, 9.17) is 4.74 Å². The summed E-state index contributed by atoms with van der Waals surface area (Å²) in [6.45, 7) is 4.08. The van der Waals surface area contributed by atoms with Crippen molar-refractivity contribution >= 4 is 0 Å². The topological polar surface area (TPSA) is 33.3 Å². The zero-order chi connectivity index (χ0) is 19.4. The Morgan fingerprint density at radius 3 is 1.68 bits per heavy atom. The van der Waals surface area contributed by atoms with Gasteiger partial charge in [0.1, 0.15) is 6.10 Å². The average molecular weight is 414 g/mol. The average Bonchev–Trinajstić information content (AvgIpc) is 2.68. The highest BCUT2D eigenvalue weighted by molar-refractivity contribution is 4.83. The first-order valence-corrected chi connectivity index (χ1v) is 11.5. The van der Waals surface area contributed by atoms with Crippen LogP contribution in [0.2, 0.25) is 0 Å². The number of halogens is 1. The van der Waals surface area contributed by atoms with E-state index < -0.39 is 6.10 Å². The lowest BCUT2D eigenvalue weighted by atomic mass is 10.0. The second-order valence-electron chi connectivity index (χ2n) is 7.90. The van der Waals surface area contributed by atoms with Crippen LogP contribution in [0.15, 0.2) is 30.6 Å². The fourth-order valence-electron chi connectivity index (χ4n) is 3.47. The minimum absolute atomic E-state index is 0. The van der Waals surface area contributed by atoms with Gasteiger partial charge < -0.3 is 22.3 Å². The quantitative estimate of drug-likeness (QED) is 0.279. The van der Waals surface area contributed by atoms with Gasteiger partial charge in [-0.15, -0.1) is 0 Å². The number of ether oxygens (including phenoxy) is 1. The van der Waals surface area contributed by atoms with Gasteiger partial charge in [-0.05, 0) is 6.42 Å². The highest BCUT2D eigenvalue weighted by atomic mass is 35.5. The predicted molar refractivity (Wildman–Crippen MR) is 114 cm³/mol. The molecule has 1 aromatic rings. The van der Waals surface area contributed by atoms with Gasteiger partial charge in [-0.25, -0.2) is 4.57 Å². The van der Waals surface area contributed by atoms with E-state index in [1.54, 1.807) is 0 Å². The molecule has 0 aliphatic rings. The minimum atomic E-state index is -0.427. The van der Waals surface area contributed by atoms with E-state index in [9.17, 15) is 5.11 Å². The molecule has 164 valence electrons. The van der Waals surface area contributed by atoms with Crippen molar-refractivity contribution in [2.75, 3.05) is 13.2 Å². The van der Waals surface area contributed by atoms with Crippen LogP contribution < -0.4 is 17.0 Å². The summed E-state index contributed by atoms with van der Waals surface area (Å²) in [5, 5.41) is 9.97. The van der Waals surface area contributed by atoms with Crippen molar-refractivity contribution in [3.63, 3.8) is 0 Å². The molecular formula is C24H44ClNO2. The number of aliphatic hydroxyl groups excluding tert-OH is 1. The Morgan fingerprint density at radius 1 is 0.714 bits per heavy atom. The van der Waals surface area contributed by atoms with Crippen LogP contribution in [-0.2, 0) is 11.3 Å². The van der Waals surface area contributed by atoms with Crippen molar-refractivity contribution in [1.29, 1.82) is 0 Å². The first-order valence-electron chi connectivity index (χ1n) is 11.5. The van der Waals surface area contributed by atoms with Crippen LogP contribution in [0.1, 0.15) is 96.8 Å². The van der Waals surface area contributed by atoms with Crippen molar-refractivity contribution in [1.82, 2.24) is 0 Å². The maximum Gasteiger partial charge on any atom is 0.176 e. The van der Waals surface area contributed by atoms with Gasteiger partial charge in [0.2, 0.25) is 0 Å². The first kappa shape index (κ1) is 27.4. The fourth-order valence-corrected chi connectivity index (χ4v) is 3.47. The first-order chi connectivity index (χ1) is 13.3. The summed E-state index contributed by atoms with van der Waals surface area (Å²) in [4.78, 5) is 0. The lowest BCUT2D eigenvalue weighted by Gasteiger charge is -2.08. The zero-order valence-electron chi connectivity index (χ0n) is 18.2. The molecule has 0 fully saturated rings. The highest BCUT2D eigenvalue weighted by Crippen LogP contribution is 2.12. The summed E-state index contributed by atoms with van der Waals surface area (Å²) < 4.78 is 7.60. The van der Waals surface area contributed by atoms with Gasteiger partial charge in [-0.2, -0.15) is 0 Å². The lowest BCUT2D eigenvalue weighted by molar-refractivity contribution is -0.703. The molecule has 1 heterocycles. The maximum atomic E-state index is 9.97. The fraction of sp³-hybridized carbons (Fsp3) is 0.792. The molecule has 1 N–H and O–H groups in total. The summed E-state index contributed by atoms with van der Waals surface area (Å²) in [6.07, 6.45) is 22.8. The Kier molecular flexibility index (Phi) is 20.6. The van der Waals surface area contributed by atoms with Crippen molar-refractivity contribution in [2.24, 2.45) is 0 Å². The van der Waals surface area contributed by atoms with Crippen molar-refractivity contribution in [3.05, 3.63) is 30.6 Å². The maximum absolute atomic E-state index is 9.97. The molecule has 1 unspecified atom stereocenters. The molecule has 0 aromatic carbocycles. The predicted octanol–water partition coefficient (Wildman–Crippen LogP) is 2.84. The second-order valence-corrected chi connectivity index (χ2v) is 7.90. The van der Waals surface area contributed by atoms with E-state index in [0.717, 1.165) is 13.0 Å². The van der Waals surface area contributed by atoms with E-state index in [-0.39, 0.29) is 12.4 Å².